The van der Waals surface area contributed by atoms with Crippen molar-refractivity contribution >= 4 is 0 Å². The lowest BCUT2D eigenvalue weighted by Gasteiger charge is -2.02. The molecule has 1 aromatic rings. The van der Waals surface area contributed by atoms with E-state index in [9.17, 15) is 0 Å². The van der Waals surface area contributed by atoms with Crippen molar-refractivity contribution in [3.63, 3.8) is 0 Å². The normalized spacial score (nSPS) is 20.8. The predicted molar refractivity (Wildman–Crippen MR) is 43.8 cm³/mol. The van der Waals surface area contributed by atoms with Gasteiger partial charge in [-0.15, -0.1) is 0 Å². The third-order valence-electron chi connectivity index (χ3n) is 1.30. The summed E-state index contributed by atoms with van der Waals surface area (Å²) in [6.07, 6.45) is 0.390. The molecule has 0 radical (unpaired) electrons. The highest BCUT2D eigenvalue weighted by atomic mass is 14.6. The fourth-order valence-electron chi connectivity index (χ4n) is 0.891. The molecule has 0 aliphatic rings. The Morgan fingerprint density at radius 2 is 2.30 bits per heavy atom. The van der Waals surface area contributed by atoms with Gasteiger partial charge in [-0.2, -0.15) is 0 Å². The Morgan fingerprint density at radius 1 is 1.60 bits per heavy atom. The molecule has 0 fully saturated rings. The Hall–Kier alpha value is -0.820. The second-order valence-corrected chi connectivity index (χ2v) is 2.40. The number of hydrogen-bond donors (Lipinski definition) is 1. The van der Waals surface area contributed by atoms with E-state index in [0.29, 0.717) is 12.1 Å². The van der Waals surface area contributed by atoms with Gasteiger partial charge in [0.1, 0.15) is 2.82 Å². The maximum absolute atomic E-state index is 7.67. The maximum Gasteiger partial charge on any atom is 0.119 e. The van der Waals surface area contributed by atoms with Crippen molar-refractivity contribution in [3.8, 4) is 0 Å². The van der Waals surface area contributed by atoms with Gasteiger partial charge in [-0.3, -0.25) is 0 Å². The van der Waals surface area contributed by atoms with Crippen LogP contribution < -0.4 is 5.72 Å². The van der Waals surface area contributed by atoms with Crippen LogP contribution in [0.15, 0.2) is 30.3 Å². The van der Waals surface area contributed by atoms with Gasteiger partial charge in [-0.1, -0.05) is 30.3 Å². The van der Waals surface area contributed by atoms with Gasteiger partial charge in [-0.25, -0.2) is 0 Å². The first-order valence-electron chi connectivity index (χ1n) is 4.74. The van der Waals surface area contributed by atoms with E-state index < -0.39 is 6.02 Å². The van der Waals surface area contributed by atoms with Crippen LogP contribution in [0.4, 0.5) is 0 Å². The van der Waals surface area contributed by atoms with Crippen LogP contribution in [-0.4, -0.2) is 6.02 Å². The highest BCUT2D eigenvalue weighted by Crippen LogP contribution is 2.00. The van der Waals surface area contributed by atoms with E-state index in [1.54, 1.807) is 6.92 Å². The van der Waals surface area contributed by atoms with E-state index in [-0.39, 0.29) is 0 Å². The van der Waals surface area contributed by atoms with Crippen molar-refractivity contribution < 1.29 is 4.19 Å². The van der Waals surface area contributed by atoms with E-state index in [1.165, 1.54) is 0 Å². The van der Waals surface area contributed by atoms with Gasteiger partial charge in [0, 0.05) is 7.39 Å². The molecule has 0 aromatic heterocycles. The molecule has 0 heterocycles. The van der Waals surface area contributed by atoms with E-state index in [0.717, 1.165) is 5.56 Å². The summed E-state index contributed by atoms with van der Waals surface area (Å²) in [5, 5.41) is 0. The minimum atomic E-state index is -1.18. The van der Waals surface area contributed by atoms with E-state index in [2.05, 4.69) is 0 Å². The van der Waals surface area contributed by atoms with Gasteiger partial charge < -0.3 is 5.72 Å². The third kappa shape index (κ3) is 2.19. The van der Waals surface area contributed by atoms with Gasteiger partial charge in [-0.05, 0) is 18.9 Å². The summed E-state index contributed by atoms with van der Waals surface area (Å²) in [5.41, 5.74) is 1.41. The Morgan fingerprint density at radius 3 is 2.90 bits per heavy atom. The van der Waals surface area contributed by atoms with Crippen LogP contribution in [0.2, 0.25) is 2.82 Å². The molecule has 1 rings (SSSR count). The lowest BCUT2D eigenvalue weighted by molar-refractivity contribution is 0.738. The van der Waals surface area contributed by atoms with Gasteiger partial charge in [0.25, 0.3) is 0 Å². The average Bonchev–Trinajstić information content (AvgIpc) is 2.05. The number of hydrogen-bond acceptors (Lipinski definition) is 1. The van der Waals surface area contributed by atoms with Gasteiger partial charge in [0.05, 0.1) is 0 Å². The molecule has 0 saturated heterocycles. The molecule has 0 amide bonds. The standard InChI is InChI=1S/C9H13N/c1-8(10)7-9-5-3-2-4-6-9/h2-6,8H,7,10H2,1H3/t8-/m0/s1/i8D/hD2. The van der Waals surface area contributed by atoms with Gasteiger partial charge in [0.2, 0.25) is 0 Å². The first-order chi connectivity index (χ1) is 6.02. The molecule has 0 aliphatic heterocycles. The molecule has 0 bridgehead atoms. The molecule has 1 aromatic carbocycles. The fourth-order valence-corrected chi connectivity index (χ4v) is 0.891. The van der Waals surface area contributed by atoms with Crippen LogP contribution in [0.25, 0.3) is 0 Å². The predicted octanol–water partition coefficient (Wildman–Crippen LogP) is 1.58. The Labute approximate surface area is 66.2 Å². The lowest BCUT2D eigenvalue weighted by atomic mass is 10.1. The second kappa shape index (κ2) is 3.37. The van der Waals surface area contributed by atoms with E-state index >= 15 is 0 Å². The molecule has 54 valence electrons. The molecule has 1 nitrogen and oxygen atoms in total. The lowest BCUT2D eigenvalue weighted by Crippen LogP contribution is -2.17. The smallest absolute Gasteiger partial charge is 0.119 e. The monoisotopic (exact) mass is 138 g/mol. The summed E-state index contributed by atoms with van der Waals surface area (Å²) in [6, 6.07) is 8.31. The van der Waals surface area contributed by atoms with Crippen LogP contribution in [0.3, 0.4) is 0 Å². The highest BCUT2D eigenvalue weighted by Gasteiger charge is 1.94. The molecule has 10 heavy (non-hydrogen) atoms. The Balaban J connectivity index is 2.69. The molecule has 1 heteroatoms. The van der Waals surface area contributed by atoms with Crippen molar-refractivity contribution in [1.29, 1.82) is 0 Å². The summed E-state index contributed by atoms with van der Waals surface area (Å²) >= 11 is 0. The van der Waals surface area contributed by atoms with E-state index in [4.69, 9.17) is 4.19 Å². The van der Waals surface area contributed by atoms with Gasteiger partial charge in [0.15, 0.2) is 0 Å². The average molecular weight is 138 g/mol. The molecule has 0 spiro atoms. The zero-order valence-corrected chi connectivity index (χ0v) is 6.04. The molecule has 0 aliphatic carbocycles. The molecular formula is C9H13N. The Bertz CT molecular complexity index is 259. The summed E-state index contributed by atoms with van der Waals surface area (Å²) in [7, 11) is 0. The summed E-state index contributed by atoms with van der Waals surface area (Å²) in [5.74, 6) is 0. The topological polar surface area (TPSA) is 26.0 Å². The number of nitrogens with two attached hydrogens (primary N) is 1. The van der Waals surface area contributed by atoms with Gasteiger partial charge >= 0.3 is 0 Å². The first-order valence-corrected chi connectivity index (χ1v) is 3.34. The van der Waals surface area contributed by atoms with Crippen LogP contribution in [0.5, 0.6) is 0 Å². The first kappa shape index (κ1) is 4.14. The summed E-state index contributed by atoms with van der Waals surface area (Å²) in [6.45, 7) is 1.56. The molecule has 0 unspecified atom stereocenters. The van der Waals surface area contributed by atoms with Crippen LogP contribution >= 0.6 is 0 Å². The van der Waals surface area contributed by atoms with Crippen molar-refractivity contribution in [2.24, 2.45) is 5.72 Å². The summed E-state index contributed by atoms with van der Waals surface area (Å²) in [4.78, 5) is 0. The second-order valence-electron chi connectivity index (χ2n) is 2.40. The fraction of sp³-hybridized carbons (Fsp3) is 0.333. The number of rotatable bonds is 3. The number of benzene rings is 1. The summed E-state index contributed by atoms with van der Waals surface area (Å²) < 4.78 is 21.8. The minimum Gasteiger partial charge on any atom is -0.328 e. The van der Waals surface area contributed by atoms with Crippen LogP contribution in [-0.2, 0) is 6.42 Å². The largest absolute Gasteiger partial charge is 0.328 e. The Kier molecular flexibility index (Phi) is 1.40. The van der Waals surface area contributed by atoms with Crippen LogP contribution in [0, 0.1) is 0 Å². The van der Waals surface area contributed by atoms with Crippen LogP contribution in [0.1, 0.15) is 13.9 Å². The van der Waals surface area contributed by atoms with E-state index in [1.807, 2.05) is 30.3 Å². The highest BCUT2D eigenvalue weighted by molar-refractivity contribution is 5.15. The quantitative estimate of drug-likeness (QED) is 0.674. The van der Waals surface area contributed by atoms with Crippen molar-refractivity contribution in [3.05, 3.63) is 35.9 Å². The maximum atomic E-state index is 7.67. The van der Waals surface area contributed by atoms with Crippen molar-refractivity contribution in [1.82, 2.24) is 0 Å². The minimum absolute atomic E-state index is 0.390. The SMILES string of the molecule is [2H]N([2H])[C@@]([2H])(C)Cc1ccccc1. The molecule has 2 N–H and O–H groups in total. The van der Waals surface area contributed by atoms with Crippen molar-refractivity contribution in [2.75, 3.05) is 0 Å². The third-order valence-corrected chi connectivity index (χ3v) is 1.30. The van der Waals surface area contributed by atoms with Crippen molar-refractivity contribution in [2.45, 2.75) is 19.4 Å². The molecule has 0 saturated carbocycles. The zero-order valence-electron chi connectivity index (χ0n) is 9.04. The zero-order chi connectivity index (χ0) is 9.90. The molecular weight excluding hydrogens is 122 g/mol. The molecule has 1 atom stereocenters.